The molecule has 0 aliphatic carbocycles. The van der Waals surface area contributed by atoms with Gasteiger partial charge in [0.15, 0.2) is 5.13 Å². The summed E-state index contributed by atoms with van der Waals surface area (Å²) in [6, 6.07) is 4.57. The Kier molecular flexibility index (Phi) is 5.18. The van der Waals surface area contributed by atoms with Crippen molar-refractivity contribution in [1.82, 2.24) is 9.88 Å². The number of phenolic OH excluding ortho intramolecular Hbond substituents is 1. The molecular weight excluding hydrogens is 342 g/mol. The molecule has 2 N–H and O–H groups in total. The van der Waals surface area contributed by atoms with Gasteiger partial charge in [0.25, 0.3) is 5.91 Å². The number of carbonyl (C=O) groups is 2. The minimum Gasteiger partial charge on any atom is -0.507 e. The second-order valence-corrected chi connectivity index (χ2v) is 6.69. The Morgan fingerprint density at radius 3 is 2.96 bits per heavy atom. The number of nitrogens with one attached hydrogen (secondary N) is 1. The fourth-order valence-electron chi connectivity index (χ4n) is 2.86. The highest BCUT2D eigenvalue weighted by molar-refractivity contribution is 7.13. The van der Waals surface area contributed by atoms with E-state index in [2.05, 4.69) is 10.3 Å². The zero-order chi connectivity index (χ0) is 17.8. The van der Waals surface area contributed by atoms with Crippen molar-refractivity contribution in [2.75, 3.05) is 25.5 Å². The van der Waals surface area contributed by atoms with Crippen LogP contribution in [0.5, 0.6) is 11.5 Å². The van der Waals surface area contributed by atoms with Gasteiger partial charge in [0.05, 0.1) is 18.6 Å². The third-order valence-electron chi connectivity index (χ3n) is 4.18. The van der Waals surface area contributed by atoms with Crippen LogP contribution in [-0.2, 0) is 4.79 Å². The smallest absolute Gasteiger partial charge is 0.257 e. The molecule has 1 aromatic heterocycles. The standard InChI is InChI=1S/C17H19N3O4S/c1-24-12-4-5-13(14(21)9-12)16(23)20-7-2-3-11(10-20)15(22)19-17-18-6-8-25-17/h4-6,8-9,11,21H,2-3,7,10H2,1H3,(H,18,19,22). The summed E-state index contributed by atoms with van der Waals surface area (Å²) in [6.45, 7) is 0.882. The van der Waals surface area contributed by atoms with Crippen molar-refractivity contribution in [1.29, 1.82) is 0 Å². The minimum atomic E-state index is -0.290. The van der Waals surface area contributed by atoms with Crippen LogP contribution in [0.1, 0.15) is 23.2 Å². The first-order chi connectivity index (χ1) is 12.1. The summed E-state index contributed by atoms with van der Waals surface area (Å²) >= 11 is 1.36. The van der Waals surface area contributed by atoms with Gasteiger partial charge in [0, 0.05) is 30.7 Å². The van der Waals surface area contributed by atoms with Crippen LogP contribution in [-0.4, -0.2) is 47.0 Å². The molecule has 3 rings (SSSR count). The van der Waals surface area contributed by atoms with Gasteiger partial charge in [-0.25, -0.2) is 4.98 Å². The van der Waals surface area contributed by atoms with E-state index < -0.39 is 0 Å². The maximum atomic E-state index is 12.7. The lowest BCUT2D eigenvalue weighted by molar-refractivity contribution is -0.121. The molecule has 25 heavy (non-hydrogen) atoms. The molecular formula is C17H19N3O4S. The Labute approximate surface area is 149 Å². The van der Waals surface area contributed by atoms with E-state index in [0.717, 1.165) is 12.8 Å². The third kappa shape index (κ3) is 3.90. The summed E-state index contributed by atoms with van der Waals surface area (Å²) in [5.74, 6) is -0.354. The van der Waals surface area contributed by atoms with E-state index in [1.807, 2.05) is 0 Å². The molecule has 0 saturated carbocycles. The molecule has 2 aromatic rings. The van der Waals surface area contributed by atoms with E-state index in [0.29, 0.717) is 24.0 Å². The minimum absolute atomic E-state index is 0.126. The second kappa shape index (κ2) is 7.52. The number of aromatic nitrogens is 1. The molecule has 1 aromatic carbocycles. The first-order valence-electron chi connectivity index (χ1n) is 7.95. The number of amides is 2. The monoisotopic (exact) mass is 361 g/mol. The molecule has 2 heterocycles. The lowest BCUT2D eigenvalue weighted by Gasteiger charge is -2.32. The van der Waals surface area contributed by atoms with Gasteiger partial charge >= 0.3 is 0 Å². The van der Waals surface area contributed by atoms with Gasteiger partial charge in [-0.15, -0.1) is 11.3 Å². The molecule has 1 atom stereocenters. The number of benzene rings is 1. The molecule has 1 aliphatic rings. The molecule has 1 unspecified atom stereocenters. The van der Waals surface area contributed by atoms with Crippen LogP contribution in [0.2, 0.25) is 0 Å². The van der Waals surface area contributed by atoms with Crippen LogP contribution in [0.3, 0.4) is 0 Å². The number of methoxy groups -OCH3 is 1. The number of phenols is 1. The molecule has 8 heteroatoms. The largest absolute Gasteiger partial charge is 0.507 e. The van der Waals surface area contributed by atoms with Gasteiger partial charge in [-0.3, -0.25) is 9.59 Å². The SMILES string of the molecule is COc1ccc(C(=O)N2CCCC(C(=O)Nc3nccs3)C2)c(O)c1. The number of likely N-dealkylation sites (tertiary alicyclic amines) is 1. The summed E-state index contributed by atoms with van der Waals surface area (Å²) in [5.41, 5.74) is 0.210. The predicted octanol–water partition coefficient (Wildman–Crippen LogP) is 2.35. The Balaban J connectivity index is 1.68. The average Bonchev–Trinajstić information content (AvgIpc) is 3.14. The van der Waals surface area contributed by atoms with Crippen molar-refractivity contribution < 1.29 is 19.4 Å². The zero-order valence-corrected chi connectivity index (χ0v) is 14.6. The zero-order valence-electron chi connectivity index (χ0n) is 13.8. The number of ether oxygens (including phenoxy) is 1. The number of hydrogen-bond donors (Lipinski definition) is 2. The lowest BCUT2D eigenvalue weighted by Crippen LogP contribution is -2.43. The van der Waals surface area contributed by atoms with E-state index in [9.17, 15) is 14.7 Å². The van der Waals surface area contributed by atoms with Crippen molar-refractivity contribution in [3.05, 3.63) is 35.3 Å². The predicted molar refractivity (Wildman–Crippen MR) is 94.0 cm³/mol. The summed E-state index contributed by atoms with van der Waals surface area (Å²) in [5, 5.41) is 15.2. The topological polar surface area (TPSA) is 91.8 Å². The summed E-state index contributed by atoms with van der Waals surface area (Å²) in [7, 11) is 1.49. The van der Waals surface area contributed by atoms with E-state index in [-0.39, 0.29) is 29.0 Å². The van der Waals surface area contributed by atoms with E-state index in [1.54, 1.807) is 22.5 Å². The lowest BCUT2D eigenvalue weighted by atomic mass is 9.96. The fraction of sp³-hybridized carbons (Fsp3) is 0.353. The number of aromatic hydroxyl groups is 1. The first-order valence-corrected chi connectivity index (χ1v) is 8.83. The van der Waals surface area contributed by atoms with Crippen molar-refractivity contribution in [2.24, 2.45) is 5.92 Å². The van der Waals surface area contributed by atoms with Crippen molar-refractivity contribution >= 4 is 28.3 Å². The highest BCUT2D eigenvalue weighted by Gasteiger charge is 2.30. The van der Waals surface area contributed by atoms with E-state index in [4.69, 9.17) is 4.74 Å². The molecule has 1 aliphatic heterocycles. The Hall–Kier alpha value is -2.61. The van der Waals surface area contributed by atoms with Crippen LogP contribution < -0.4 is 10.1 Å². The quantitative estimate of drug-likeness (QED) is 0.872. The number of carbonyl (C=O) groups excluding carboxylic acids is 2. The van der Waals surface area contributed by atoms with Crippen molar-refractivity contribution in [2.45, 2.75) is 12.8 Å². The van der Waals surface area contributed by atoms with Gasteiger partial charge in [-0.05, 0) is 25.0 Å². The number of thiazole rings is 1. The van der Waals surface area contributed by atoms with E-state index in [1.165, 1.54) is 30.6 Å². The highest BCUT2D eigenvalue weighted by atomic mass is 32.1. The fourth-order valence-corrected chi connectivity index (χ4v) is 3.39. The average molecular weight is 361 g/mol. The number of hydrogen-bond acceptors (Lipinski definition) is 6. The van der Waals surface area contributed by atoms with Crippen molar-refractivity contribution in [3.63, 3.8) is 0 Å². The second-order valence-electron chi connectivity index (χ2n) is 5.80. The molecule has 1 fully saturated rings. The Morgan fingerprint density at radius 2 is 2.28 bits per heavy atom. The summed E-state index contributed by atoms with van der Waals surface area (Å²) in [6.07, 6.45) is 3.08. The molecule has 0 radical (unpaired) electrons. The van der Waals surface area contributed by atoms with Crippen LogP contribution in [0.25, 0.3) is 0 Å². The molecule has 0 bridgehead atoms. The van der Waals surface area contributed by atoms with Gasteiger partial charge in [0.1, 0.15) is 11.5 Å². The van der Waals surface area contributed by atoms with Gasteiger partial charge in [-0.2, -0.15) is 0 Å². The van der Waals surface area contributed by atoms with Crippen LogP contribution in [0.15, 0.2) is 29.8 Å². The maximum absolute atomic E-state index is 12.7. The maximum Gasteiger partial charge on any atom is 0.257 e. The van der Waals surface area contributed by atoms with Crippen LogP contribution in [0.4, 0.5) is 5.13 Å². The molecule has 1 saturated heterocycles. The van der Waals surface area contributed by atoms with Crippen LogP contribution >= 0.6 is 11.3 Å². The Morgan fingerprint density at radius 1 is 1.44 bits per heavy atom. The normalized spacial score (nSPS) is 17.2. The van der Waals surface area contributed by atoms with E-state index >= 15 is 0 Å². The molecule has 0 spiro atoms. The van der Waals surface area contributed by atoms with Gasteiger partial charge in [0.2, 0.25) is 5.91 Å². The van der Waals surface area contributed by atoms with Gasteiger partial charge < -0.3 is 20.1 Å². The number of rotatable bonds is 4. The molecule has 132 valence electrons. The number of nitrogens with zero attached hydrogens (tertiary/aromatic N) is 2. The summed E-state index contributed by atoms with van der Waals surface area (Å²) in [4.78, 5) is 30.7. The van der Waals surface area contributed by atoms with Crippen LogP contribution in [0, 0.1) is 5.92 Å². The van der Waals surface area contributed by atoms with Crippen molar-refractivity contribution in [3.8, 4) is 11.5 Å². The molecule has 2 amide bonds. The number of anilines is 1. The first kappa shape index (κ1) is 17.2. The molecule has 7 nitrogen and oxygen atoms in total. The Bertz CT molecular complexity index is 763. The third-order valence-corrected chi connectivity index (χ3v) is 4.87. The van der Waals surface area contributed by atoms with Gasteiger partial charge in [-0.1, -0.05) is 0 Å². The highest BCUT2D eigenvalue weighted by Crippen LogP contribution is 2.27. The number of piperidine rings is 1. The summed E-state index contributed by atoms with van der Waals surface area (Å²) < 4.78 is 5.03.